The number of amides is 1. The molecule has 0 radical (unpaired) electrons. The molecule has 3 aromatic rings. The van der Waals surface area contributed by atoms with Crippen LogP contribution in [0, 0.1) is 19.7 Å². The maximum Gasteiger partial charge on any atom is 0.287 e. The van der Waals surface area contributed by atoms with Gasteiger partial charge in [-0.2, -0.15) is 0 Å². The molecular weight excluding hydrogens is 339 g/mol. The predicted molar refractivity (Wildman–Crippen MR) is 94.3 cm³/mol. The van der Waals surface area contributed by atoms with Crippen molar-refractivity contribution in [3.63, 3.8) is 0 Å². The van der Waals surface area contributed by atoms with Gasteiger partial charge < -0.3 is 9.73 Å². The first-order valence-electron chi connectivity index (χ1n) is 8.15. The molecule has 0 saturated carbocycles. The molecule has 2 aromatic heterocycles. The average Bonchev–Trinajstić information content (AvgIpc) is 3.13. The standard InChI is InChI=1S/C19H17FN2O2S/c1-10-16-14(7-8-15-17(16)22-11(2)25-15)24-18(10)19(23)21-9-12-5-3-4-6-13(12)20/h3-6H,7-9H2,1-2H3,(H,21,23). The van der Waals surface area contributed by atoms with E-state index in [1.807, 2.05) is 13.8 Å². The maximum atomic E-state index is 13.7. The number of rotatable bonds is 3. The lowest BCUT2D eigenvalue weighted by molar-refractivity contribution is 0.0920. The van der Waals surface area contributed by atoms with E-state index in [0.717, 1.165) is 40.4 Å². The fourth-order valence-electron chi connectivity index (χ4n) is 3.23. The van der Waals surface area contributed by atoms with Gasteiger partial charge in [-0.15, -0.1) is 11.3 Å². The van der Waals surface area contributed by atoms with Gasteiger partial charge in [0.2, 0.25) is 0 Å². The van der Waals surface area contributed by atoms with Gasteiger partial charge in [-0.25, -0.2) is 9.37 Å². The Hall–Kier alpha value is -2.47. The van der Waals surface area contributed by atoms with Crippen molar-refractivity contribution >= 4 is 17.2 Å². The van der Waals surface area contributed by atoms with Crippen LogP contribution in [-0.2, 0) is 19.4 Å². The summed E-state index contributed by atoms with van der Waals surface area (Å²) in [6.07, 6.45) is 1.66. The van der Waals surface area contributed by atoms with E-state index in [2.05, 4.69) is 10.3 Å². The number of aromatic nitrogens is 1. The van der Waals surface area contributed by atoms with E-state index in [0.29, 0.717) is 11.3 Å². The Morgan fingerprint density at radius 3 is 2.92 bits per heavy atom. The summed E-state index contributed by atoms with van der Waals surface area (Å²) in [6, 6.07) is 6.40. The Labute approximate surface area is 148 Å². The molecule has 0 fully saturated rings. The number of fused-ring (bicyclic) bond motifs is 3. The number of carbonyl (C=O) groups is 1. The zero-order chi connectivity index (χ0) is 17.6. The molecule has 6 heteroatoms. The van der Waals surface area contributed by atoms with Gasteiger partial charge in [0, 0.05) is 34.5 Å². The Bertz CT molecular complexity index is 974. The summed E-state index contributed by atoms with van der Waals surface area (Å²) >= 11 is 1.69. The van der Waals surface area contributed by atoms with E-state index < -0.39 is 0 Å². The summed E-state index contributed by atoms with van der Waals surface area (Å²) < 4.78 is 19.5. The van der Waals surface area contributed by atoms with Gasteiger partial charge in [-0.3, -0.25) is 4.79 Å². The Morgan fingerprint density at radius 1 is 1.32 bits per heavy atom. The Balaban J connectivity index is 1.61. The van der Waals surface area contributed by atoms with Crippen molar-refractivity contribution in [1.82, 2.24) is 10.3 Å². The van der Waals surface area contributed by atoms with E-state index in [-0.39, 0.29) is 18.3 Å². The van der Waals surface area contributed by atoms with Crippen LogP contribution in [-0.4, -0.2) is 10.9 Å². The minimum absolute atomic E-state index is 0.122. The molecule has 1 aromatic carbocycles. The van der Waals surface area contributed by atoms with Gasteiger partial charge in [0.25, 0.3) is 5.91 Å². The van der Waals surface area contributed by atoms with Crippen molar-refractivity contribution in [2.75, 3.05) is 0 Å². The van der Waals surface area contributed by atoms with Gasteiger partial charge in [-0.05, 0) is 26.3 Å². The molecule has 0 bridgehead atoms. The summed E-state index contributed by atoms with van der Waals surface area (Å²) in [5.74, 6) is 0.440. The first kappa shape index (κ1) is 16.0. The molecule has 4 rings (SSSR count). The third-order valence-corrected chi connectivity index (χ3v) is 5.47. The number of nitrogens with zero attached hydrogens (tertiary/aromatic N) is 1. The summed E-state index contributed by atoms with van der Waals surface area (Å²) in [7, 11) is 0. The molecule has 0 atom stereocenters. The van der Waals surface area contributed by atoms with Crippen molar-refractivity contribution in [1.29, 1.82) is 0 Å². The molecule has 4 nitrogen and oxygen atoms in total. The minimum Gasteiger partial charge on any atom is -0.455 e. The van der Waals surface area contributed by atoms with Crippen LogP contribution in [0.25, 0.3) is 11.3 Å². The fraction of sp³-hybridized carbons (Fsp3) is 0.263. The molecule has 0 aliphatic heterocycles. The van der Waals surface area contributed by atoms with Crippen LogP contribution in [0.3, 0.4) is 0 Å². The molecular formula is C19H17FN2O2S. The summed E-state index contributed by atoms with van der Waals surface area (Å²) in [5, 5.41) is 3.76. The van der Waals surface area contributed by atoms with Crippen molar-refractivity contribution < 1.29 is 13.6 Å². The maximum absolute atomic E-state index is 13.7. The van der Waals surface area contributed by atoms with Crippen LogP contribution < -0.4 is 5.32 Å². The van der Waals surface area contributed by atoms with Crippen molar-refractivity contribution in [2.24, 2.45) is 0 Å². The fourth-order valence-corrected chi connectivity index (χ4v) is 4.18. The minimum atomic E-state index is -0.333. The normalized spacial score (nSPS) is 12.6. The van der Waals surface area contributed by atoms with E-state index >= 15 is 0 Å². The van der Waals surface area contributed by atoms with Gasteiger partial charge in [-0.1, -0.05) is 18.2 Å². The van der Waals surface area contributed by atoms with Crippen LogP contribution in [0.5, 0.6) is 0 Å². The molecule has 0 spiro atoms. The van der Waals surface area contributed by atoms with Crippen molar-refractivity contribution in [2.45, 2.75) is 33.2 Å². The van der Waals surface area contributed by atoms with Gasteiger partial charge in [0.1, 0.15) is 11.6 Å². The van der Waals surface area contributed by atoms with Crippen molar-refractivity contribution in [3.8, 4) is 11.3 Å². The predicted octanol–water partition coefficient (Wildman–Crippen LogP) is 4.19. The Kier molecular flexibility index (Phi) is 3.92. The number of halogens is 1. The van der Waals surface area contributed by atoms with Gasteiger partial charge >= 0.3 is 0 Å². The Morgan fingerprint density at radius 2 is 2.12 bits per heavy atom. The van der Waals surface area contributed by atoms with Crippen molar-refractivity contribution in [3.05, 3.63) is 62.6 Å². The molecule has 2 heterocycles. The zero-order valence-electron chi connectivity index (χ0n) is 14.0. The van der Waals surface area contributed by atoms with E-state index in [1.54, 1.807) is 29.5 Å². The van der Waals surface area contributed by atoms with Crippen LogP contribution >= 0.6 is 11.3 Å². The molecule has 0 saturated heterocycles. The molecule has 1 aliphatic carbocycles. The second-order valence-corrected chi connectivity index (χ2v) is 7.42. The second-order valence-electron chi connectivity index (χ2n) is 6.13. The topological polar surface area (TPSA) is 55.1 Å². The molecule has 0 unspecified atom stereocenters. The quantitative estimate of drug-likeness (QED) is 0.766. The van der Waals surface area contributed by atoms with Gasteiger partial charge in [0.15, 0.2) is 5.76 Å². The average molecular weight is 356 g/mol. The monoisotopic (exact) mass is 356 g/mol. The molecule has 1 N–H and O–H groups in total. The lowest BCUT2D eigenvalue weighted by Crippen LogP contribution is -2.23. The molecule has 1 amide bonds. The van der Waals surface area contributed by atoms with Crippen LogP contribution in [0.15, 0.2) is 28.7 Å². The zero-order valence-corrected chi connectivity index (χ0v) is 14.8. The number of hydrogen-bond acceptors (Lipinski definition) is 4. The summed E-state index contributed by atoms with van der Waals surface area (Å²) in [6.45, 7) is 3.99. The number of hydrogen-bond donors (Lipinski definition) is 1. The van der Waals surface area contributed by atoms with E-state index in [1.165, 1.54) is 10.9 Å². The highest BCUT2D eigenvalue weighted by molar-refractivity contribution is 7.12. The smallest absolute Gasteiger partial charge is 0.287 e. The number of benzene rings is 1. The van der Waals surface area contributed by atoms with E-state index in [4.69, 9.17) is 4.42 Å². The highest BCUT2D eigenvalue weighted by Crippen LogP contribution is 2.40. The number of thiazole rings is 1. The third-order valence-electron chi connectivity index (χ3n) is 4.44. The number of furan rings is 1. The molecule has 25 heavy (non-hydrogen) atoms. The van der Waals surface area contributed by atoms with Crippen LogP contribution in [0.2, 0.25) is 0 Å². The second kappa shape index (κ2) is 6.11. The third kappa shape index (κ3) is 2.76. The lowest BCUT2D eigenvalue weighted by Gasteiger charge is -2.09. The van der Waals surface area contributed by atoms with Gasteiger partial charge in [0.05, 0.1) is 10.7 Å². The number of aryl methyl sites for hydroxylation is 3. The summed E-state index contributed by atoms with van der Waals surface area (Å²) in [4.78, 5) is 18.4. The number of nitrogens with one attached hydrogen (secondary N) is 1. The first-order valence-corrected chi connectivity index (χ1v) is 8.96. The number of carbonyl (C=O) groups excluding carboxylic acids is 1. The molecule has 128 valence electrons. The van der Waals surface area contributed by atoms with Crippen LogP contribution in [0.1, 0.15) is 37.3 Å². The SMILES string of the molecule is Cc1nc2c(s1)CCc1oc(C(=O)NCc3ccccc3F)c(C)c1-2. The highest BCUT2D eigenvalue weighted by Gasteiger charge is 2.29. The highest BCUT2D eigenvalue weighted by atomic mass is 32.1. The first-order chi connectivity index (χ1) is 12.0. The largest absolute Gasteiger partial charge is 0.455 e. The molecule has 1 aliphatic rings. The van der Waals surface area contributed by atoms with E-state index in [9.17, 15) is 9.18 Å². The van der Waals surface area contributed by atoms with Crippen LogP contribution in [0.4, 0.5) is 4.39 Å². The lowest BCUT2D eigenvalue weighted by atomic mass is 9.97. The summed E-state index contributed by atoms with van der Waals surface area (Å²) in [5.41, 5.74) is 3.13.